The molecule has 2 fully saturated rings. The summed E-state index contributed by atoms with van der Waals surface area (Å²) < 4.78 is 10.6. The quantitative estimate of drug-likeness (QED) is 0.889. The summed E-state index contributed by atoms with van der Waals surface area (Å²) in [7, 11) is 0. The molecule has 1 saturated heterocycles. The van der Waals surface area contributed by atoms with Crippen LogP contribution in [-0.2, 0) is 14.3 Å². The van der Waals surface area contributed by atoms with Crippen LogP contribution >= 0.6 is 0 Å². The Hall–Kier alpha value is -1.82. The van der Waals surface area contributed by atoms with Gasteiger partial charge in [-0.1, -0.05) is 0 Å². The van der Waals surface area contributed by atoms with Gasteiger partial charge in [-0.05, 0) is 31.4 Å². The molecule has 2 heterocycles. The fourth-order valence-corrected chi connectivity index (χ4v) is 3.03. The van der Waals surface area contributed by atoms with Crippen LogP contribution in [-0.4, -0.2) is 47.7 Å². The molecule has 21 heavy (non-hydrogen) atoms. The summed E-state index contributed by atoms with van der Waals surface area (Å²) in [5.74, 6) is -0.256. The standard InChI is InChI=1S/C15H19NO5/c17-14(18)9-16(10-3-6-20-7-4-10)15(19)12-8-11(12)13-2-1-5-21-13/h1-2,5,10-12H,3-4,6-9H2,(H,17,18)/t11-,12-/m1/s1. The van der Waals surface area contributed by atoms with Gasteiger partial charge in [0.1, 0.15) is 12.3 Å². The number of hydrogen-bond acceptors (Lipinski definition) is 4. The normalized spacial score (nSPS) is 25.5. The van der Waals surface area contributed by atoms with E-state index in [1.807, 2.05) is 12.1 Å². The summed E-state index contributed by atoms with van der Waals surface area (Å²) in [6.07, 6.45) is 3.75. The lowest BCUT2D eigenvalue weighted by Crippen LogP contribution is -2.46. The molecule has 2 atom stereocenters. The molecule has 114 valence electrons. The average molecular weight is 293 g/mol. The fraction of sp³-hybridized carbons (Fsp3) is 0.600. The van der Waals surface area contributed by atoms with Gasteiger partial charge in [-0.3, -0.25) is 9.59 Å². The Balaban J connectivity index is 1.68. The van der Waals surface area contributed by atoms with Gasteiger partial charge in [-0.25, -0.2) is 0 Å². The molecular formula is C15H19NO5. The number of nitrogens with zero attached hydrogens (tertiary/aromatic N) is 1. The van der Waals surface area contributed by atoms with Crippen molar-refractivity contribution in [3.63, 3.8) is 0 Å². The molecule has 1 amide bonds. The molecular weight excluding hydrogens is 274 g/mol. The summed E-state index contributed by atoms with van der Waals surface area (Å²) in [6, 6.07) is 3.65. The van der Waals surface area contributed by atoms with Gasteiger partial charge < -0.3 is 19.2 Å². The van der Waals surface area contributed by atoms with Crippen LogP contribution in [0.3, 0.4) is 0 Å². The van der Waals surface area contributed by atoms with Crippen molar-refractivity contribution in [1.82, 2.24) is 4.90 Å². The van der Waals surface area contributed by atoms with Crippen LogP contribution in [0.5, 0.6) is 0 Å². The van der Waals surface area contributed by atoms with Gasteiger partial charge in [0.2, 0.25) is 5.91 Å². The number of carboxylic acid groups (broad SMARTS) is 1. The van der Waals surface area contributed by atoms with Crippen LogP contribution in [0.1, 0.15) is 30.9 Å². The molecule has 1 N–H and O–H groups in total. The van der Waals surface area contributed by atoms with Crippen molar-refractivity contribution in [1.29, 1.82) is 0 Å². The first-order valence-electron chi connectivity index (χ1n) is 7.30. The maximum Gasteiger partial charge on any atom is 0.323 e. The molecule has 0 aromatic carbocycles. The first kappa shape index (κ1) is 14.1. The Kier molecular flexibility index (Phi) is 3.96. The predicted octanol–water partition coefficient (Wildman–Crippen LogP) is 1.48. The van der Waals surface area contributed by atoms with Crippen molar-refractivity contribution in [3.8, 4) is 0 Å². The number of carbonyl (C=O) groups excluding carboxylic acids is 1. The van der Waals surface area contributed by atoms with E-state index in [1.165, 1.54) is 4.90 Å². The second-order valence-corrected chi connectivity index (χ2v) is 5.67. The zero-order valence-corrected chi connectivity index (χ0v) is 11.7. The minimum Gasteiger partial charge on any atom is -0.480 e. The predicted molar refractivity (Wildman–Crippen MR) is 72.7 cm³/mol. The van der Waals surface area contributed by atoms with E-state index < -0.39 is 5.97 Å². The SMILES string of the molecule is O=C(O)CN(C(=O)[C@@H]1C[C@H]1c1ccco1)C1CCOCC1. The van der Waals surface area contributed by atoms with Crippen molar-refractivity contribution in [2.75, 3.05) is 19.8 Å². The van der Waals surface area contributed by atoms with Gasteiger partial charge in [0.15, 0.2) is 0 Å². The highest BCUT2D eigenvalue weighted by Gasteiger charge is 2.48. The van der Waals surface area contributed by atoms with Crippen molar-refractivity contribution < 1.29 is 23.8 Å². The number of hydrogen-bond donors (Lipinski definition) is 1. The minimum absolute atomic E-state index is 0.0276. The van der Waals surface area contributed by atoms with Crippen molar-refractivity contribution in [2.45, 2.75) is 31.2 Å². The second kappa shape index (κ2) is 5.89. The molecule has 1 aliphatic heterocycles. The lowest BCUT2D eigenvalue weighted by atomic mass is 10.1. The Morgan fingerprint density at radius 3 is 2.71 bits per heavy atom. The average Bonchev–Trinajstić information content (AvgIpc) is 3.10. The largest absolute Gasteiger partial charge is 0.480 e. The van der Waals surface area contributed by atoms with Crippen LogP contribution in [0.4, 0.5) is 0 Å². The molecule has 3 rings (SSSR count). The first-order chi connectivity index (χ1) is 10.2. The van der Waals surface area contributed by atoms with E-state index in [9.17, 15) is 9.59 Å². The first-order valence-corrected chi connectivity index (χ1v) is 7.30. The number of ether oxygens (including phenoxy) is 1. The third-order valence-corrected chi connectivity index (χ3v) is 4.24. The Labute approximate surface area is 122 Å². The van der Waals surface area contributed by atoms with E-state index in [1.54, 1.807) is 6.26 Å². The topological polar surface area (TPSA) is 80.0 Å². The smallest absolute Gasteiger partial charge is 0.323 e. The molecule has 0 bridgehead atoms. The zero-order chi connectivity index (χ0) is 14.8. The molecule has 0 radical (unpaired) electrons. The Morgan fingerprint density at radius 1 is 1.33 bits per heavy atom. The lowest BCUT2D eigenvalue weighted by molar-refractivity contribution is -0.148. The van der Waals surface area contributed by atoms with E-state index >= 15 is 0 Å². The van der Waals surface area contributed by atoms with E-state index in [-0.39, 0.29) is 30.3 Å². The molecule has 2 aliphatic rings. The van der Waals surface area contributed by atoms with Gasteiger partial charge in [0.25, 0.3) is 0 Å². The van der Waals surface area contributed by atoms with Gasteiger partial charge in [-0.2, -0.15) is 0 Å². The third kappa shape index (κ3) is 3.10. The second-order valence-electron chi connectivity index (χ2n) is 5.67. The maximum absolute atomic E-state index is 12.6. The highest BCUT2D eigenvalue weighted by Crippen LogP contribution is 2.49. The zero-order valence-electron chi connectivity index (χ0n) is 11.7. The minimum atomic E-state index is -0.968. The van der Waals surface area contributed by atoms with Crippen LogP contribution < -0.4 is 0 Å². The van der Waals surface area contributed by atoms with Gasteiger partial charge in [0, 0.05) is 31.1 Å². The molecule has 1 saturated carbocycles. The molecule has 0 unspecified atom stereocenters. The maximum atomic E-state index is 12.6. The molecule has 1 aliphatic carbocycles. The van der Waals surface area contributed by atoms with Crippen molar-refractivity contribution in [3.05, 3.63) is 24.2 Å². The molecule has 6 nitrogen and oxygen atoms in total. The Morgan fingerprint density at radius 2 is 2.10 bits per heavy atom. The number of amides is 1. The Bertz CT molecular complexity index is 506. The molecule has 1 aromatic rings. The van der Waals surface area contributed by atoms with Crippen LogP contribution in [0.25, 0.3) is 0 Å². The third-order valence-electron chi connectivity index (χ3n) is 4.24. The van der Waals surface area contributed by atoms with E-state index in [0.717, 1.165) is 12.2 Å². The molecule has 6 heteroatoms. The van der Waals surface area contributed by atoms with E-state index in [4.69, 9.17) is 14.3 Å². The number of carboxylic acids is 1. The highest BCUT2D eigenvalue weighted by atomic mass is 16.5. The lowest BCUT2D eigenvalue weighted by Gasteiger charge is -2.33. The summed E-state index contributed by atoms with van der Waals surface area (Å²) in [5, 5.41) is 9.07. The molecule has 1 aromatic heterocycles. The van der Waals surface area contributed by atoms with Crippen LogP contribution in [0.2, 0.25) is 0 Å². The van der Waals surface area contributed by atoms with E-state index in [0.29, 0.717) is 26.1 Å². The van der Waals surface area contributed by atoms with E-state index in [2.05, 4.69) is 0 Å². The molecule has 0 spiro atoms. The summed E-state index contributed by atoms with van der Waals surface area (Å²) in [6.45, 7) is 0.936. The number of rotatable bonds is 5. The van der Waals surface area contributed by atoms with Gasteiger partial charge in [0.05, 0.1) is 6.26 Å². The van der Waals surface area contributed by atoms with Crippen molar-refractivity contribution >= 4 is 11.9 Å². The number of furan rings is 1. The van der Waals surface area contributed by atoms with Gasteiger partial charge >= 0.3 is 5.97 Å². The van der Waals surface area contributed by atoms with Gasteiger partial charge in [-0.15, -0.1) is 0 Å². The van der Waals surface area contributed by atoms with Crippen LogP contribution in [0.15, 0.2) is 22.8 Å². The summed E-state index contributed by atoms with van der Waals surface area (Å²) in [5.41, 5.74) is 0. The van der Waals surface area contributed by atoms with Crippen LogP contribution in [0, 0.1) is 5.92 Å². The number of aliphatic carboxylic acids is 1. The monoisotopic (exact) mass is 293 g/mol. The highest BCUT2D eigenvalue weighted by molar-refractivity contribution is 5.86. The number of carbonyl (C=O) groups is 2. The summed E-state index contributed by atoms with van der Waals surface area (Å²) in [4.78, 5) is 25.2. The van der Waals surface area contributed by atoms with Crippen molar-refractivity contribution in [2.24, 2.45) is 5.92 Å². The summed E-state index contributed by atoms with van der Waals surface area (Å²) >= 11 is 0. The fourth-order valence-electron chi connectivity index (χ4n) is 3.03.